The van der Waals surface area contributed by atoms with Crippen molar-refractivity contribution >= 4 is 17.9 Å². The van der Waals surface area contributed by atoms with Crippen LogP contribution in [-0.4, -0.2) is 60.4 Å². The Morgan fingerprint density at radius 1 is 0.926 bits per heavy atom. The molecule has 2 saturated heterocycles. The van der Waals surface area contributed by atoms with Gasteiger partial charge in [-0.05, 0) is 23.8 Å². The number of piperazine rings is 1. The highest BCUT2D eigenvalue weighted by Crippen LogP contribution is 2.35. The van der Waals surface area contributed by atoms with Crippen molar-refractivity contribution in [2.24, 2.45) is 0 Å². The van der Waals surface area contributed by atoms with Crippen molar-refractivity contribution in [3.05, 3.63) is 60.3 Å². The fourth-order valence-corrected chi connectivity index (χ4v) is 3.61. The Morgan fingerprint density at radius 2 is 1.56 bits per heavy atom. The molecule has 140 valence electrons. The Morgan fingerprint density at radius 3 is 2.19 bits per heavy atom. The molecule has 2 aliphatic heterocycles. The molecular weight excluding hydrogens is 345 g/mol. The summed E-state index contributed by atoms with van der Waals surface area (Å²) in [6.07, 6.45) is 7.63. The van der Waals surface area contributed by atoms with Gasteiger partial charge >= 0.3 is 0 Å². The summed E-state index contributed by atoms with van der Waals surface area (Å²) in [6, 6.07) is 6.76. The topological polar surface area (TPSA) is 52.6 Å². The Balaban J connectivity index is 1.41. The first kappa shape index (κ1) is 17.5. The molecule has 2 aromatic rings. The SMILES string of the molecule is O=CC=CN1CCN(c2nccnc2N2CC(c3ccc(F)cc3)C2)CC1. The third kappa shape index (κ3) is 3.77. The Bertz CT molecular complexity index is 811. The number of nitrogens with zero attached hydrogens (tertiary/aromatic N) is 5. The molecule has 0 saturated carbocycles. The van der Waals surface area contributed by atoms with E-state index in [1.54, 1.807) is 12.4 Å². The lowest BCUT2D eigenvalue weighted by molar-refractivity contribution is -0.104. The lowest BCUT2D eigenvalue weighted by atomic mass is 9.91. The van der Waals surface area contributed by atoms with Crippen LogP contribution in [0.3, 0.4) is 0 Å². The highest BCUT2D eigenvalue weighted by Gasteiger charge is 2.32. The molecular formula is C20H22FN5O. The molecule has 2 fully saturated rings. The van der Waals surface area contributed by atoms with E-state index in [4.69, 9.17) is 0 Å². The first-order valence-electron chi connectivity index (χ1n) is 9.17. The number of rotatable bonds is 5. The second-order valence-electron chi connectivity index (χ2n) is 6.86. The molecule has 7 heteroatoms. The number of benzene rings is 1. The van der Waals surface area contributed by atoms with E-state index < -0.39 is 0 Å². The number of aldehydes is 1. The smallest absolute Gasteiger partial charge is 0.172 e. The van der Waals surface area contributed by atoms with E-state index in [9.17, 15) is 9.18 Å². The van der Waals surface area contributed by atoms with Gasteiger partial charge in [0.25, 0.3) is 0 Å². The number of allylic oxidation sites excluding steroid dienone is 1. The lowest BCUT2D eigenvalue weighted by Gasteiger charge is -2.43. The van der Waals surface area contributed by atoms with Crippen molar-refractivity contribution in [3.63, 3.8) is 0 Å². The van der Waals surface area contributed by atoms with E-state index >= 15 is 0 Å². The van der Waals surface area contributed by atoms with Crippen LogP contribution >= 0.6 is 0 Å². The molecule has 0 aliphatic carbocycles. The zero-order valence-electron chi connectivity index (χ0n) is 15.0. The van der Waals surface area contributed by atoms with Gasteiger partial charge in [-0.15, -0.1) is 0 Å². The minimum Gasteiger partial charge on any atom is -0.374 e. The maximum atomic E-state index is 13.1. The van der Waals surface area contributed by atoms with Gasteiger partial charge in [-0.3, -0.25) is 4.79 Å². The molecule has 0 radical (unpaired) electrons. The van der Waals surface area contributed by atoms with Gasteiger partial charge in [-0.25, -0.2) is 14.4 Å². The summed E-state index contributed by atoms with van der Waals surface area (Å²) in [7, 11) is 0. The minimum absolute atomic E-state index is 0.201. The van der Waals surface area contributed by atoms with Crippen molar-refractivity contribution in [2.45, 2.75) is 5.92 Å². The van der Waals surface area contributed by atoms with Crippen LogP contribution in [0.4, 0.5) is 16.0 Å². The van der Waals surface area contributed by atoms with E-state index in [-0.39, 0.29) is 5.82 Å². The van der Waals surface area contributed by atoms with Gasteiger partial charge in [-0.2, -0.15) is 0 Å². The first-order valence-corrected chi connectivity index (χ1v) is 9.17. The zero-order chi connectivity index (χ0) is 18.6. The number of hydrogen-bond donors (Lipinski definition) is 0. The van der Waals surface area contributed by atoms with Crippen LogP contribution in [0, 0.1) is 5.82 Å². The second kappa shape index (κ2) is 7.73. The summed E-state index contributed by atoms with van der Waals surface area (Å²) in [4.78, 5) is 26.2. The van der Waals surface area contributed by atoms with Crippen LogP contribution in [0.1, 0.15) is 11.5 Å². The Kier molecular flexibility index (Phi) is 5.00. The fourth-order valence-electron chi connectivity index (χ4n) is 3.61. The van der Waals surface area contributed by atoms with Crippen LogP contribution < -0.4 is 9.80 Å². The van der Waals surface area contributed by atoms with Gasteiger partial charge in [0.05, 0.1) is 0 Å². The number of carbonyl (C=O) groups is 1. The van der Waals surface area contributed by atoms with E-state index in [1.807, 2.05) is 18.3 Å². The molecule has 6 nitrogen and oxygen atoms in total. The predicted octanol–water partition coefficient (Wildman–Crippen LogP) is 2.05. The summed E-state index contributed by atoms with van der Waals surface area (Å²) < 4.78 is 13.1. The molecule has 2 aliphatic rings. The second-order valence-corrected chi connectivity index (χ2v) is 6.86. The van der Waals surface area contributed by atoms with Crippen LogP contribution in [0.15, 0.2) is 48.9 Å². The highest BCUT2D eigenvalue weighted by molar-refractivity contribution is 5.65. The summed E-state index contributed by atoms with van der Waals surface area (Å²) in [5.41, 5.74) is 1.16. The van der Waals surface area contributed by atoms with Crippen LogP contribution in [0.25, 0.3) is 0 Å². The third-order valence-electron chi connectivity index (χ3n) is 5.17. The summed E-state index contributed by atoms with van der Waals surface area (Å²) in [5.74, 6) is 2.01. The molecule has 27 heavy (non-hydrogen) atoms. The maximum absolute atomic E-state index is 13.1. The van der Waals surface area contributed by atoms with Gasteiger partial charge in [0.2, 0.25) is 0 Å². The molecule has 0 bridgehead atoms. The number of anilines is 2. The molecule has 1 aromatic heterocycles. The molecule has 0 atom stereocenters. The normalized spacial score (nSPS) is 18.0. The van der Waals surface area contributed by atoms with Crippen LogP contribution in [-0.2, 0) is 4.79 Å². The molecule has 0 unspecified atom stereocenters. The molecule has 1 aromatic carbocycles. The van der Waals surface area contributed by atoms with E-state index in [1.165, 1.54) is 18.2 Å². The number of hydrogen-bond acceptors (Lipinski definition) is 6. The van der Waals surface area contributed by atoms with E-state index in [0.29, 0.717) is 5.92 Å². The average Bonchev–Trinajstić information content (AvgIpc) is 2.68. The molecule has 0 amide bonds. The summed E-state index contributed by atoms with van der Waals surface area (Å²) in [5, 5.41) is 0. The van der Waals surface area contributed by atoms with E-state index in [2.05, 4.69) is 24.7 Å². The molecule has 4 rings (SSSR count). The monoisotopic (exact) mass is 367 g/mol. The van der Waals surface area contributed by atoms with Crippen LogP contribution in [0.2, 0.25) is 0 Å². The van der Waals surface area contributed by atoms with E-state index in [0.717, 1.165) is 62.8 Å². The van der Waals surface area contributed by atoms with Crippen molar-refractivity contribution in [1.82, 2.24) is 14.9 Å². The third-order valence-corrected chi connectivity index (χ3v) is 5.17. The molecule has 3 heterocycles. The molecule has 0 N–H and O–H groups in total. The van der Waals surface area contributed by atoms with Crippen molar-refractivity contribution in [3.8, 4) is 0 Å². The van der Waals surface area contributed by atoms with Gasteiger partial charge in [0, 0.05) is 63.8 Å². The van der Waals surface area contributed by atoms with Crippen molar-refractivity contribution < 1.29 is 9.18 Å². The summed E-state index contributed by atoms with van der Waals surface area (Å²) in [6.45, 7) is 5.09. The number of aromatic nitrogens is 2. The van der Waals surface area contributed by atoms with Gasteiger partial charge in [-0.1, -0.05) is 12.1 Å². The Hall–Kier alpha value is -2.96. The fraction of sp³-hybridized carbons (Fsp3) is 0.350. The minimum atomic E-state index is -0.201. The highest BCUT2D eigenvalue weighted by atomic mass is 19.1. The van der Waals surface area contributed by atoms with Gasteiger partial charge in [0.15, 0.2) is 11.6 Å². The van der Waals surface area contributed by atoms with Gasteiger partial charge in [0.1, 0.15) is 12.1 Å². The number of carbonyl (C=O) groups excluding carboxylic acids is 1. The maximum Gasteiger partial charge on any atom is 0.172 e. The van der Waals surface area contributed by atoms with Crippen LogP contribution in [0.5, 0.6) is 0 Å². The zero-order valence-corrected chi connectivity index (χ0v) is 15.0. The largest absolute Gasteiger partial charge is 0.374 e. The quantitative estimate of drug-likeness (QED) is 0.596. The van der Waals surface area contributed by atoms with Crippen molar-refractivity contribution in [1.29, 1.82) is 0 Å². The standard InChI is InChI=1S/C20H22FN5O/c21-18-4-2-16(3-5-18)17-14-26(15-17)20-19(22-6-7-23-20)25-11-9-24(10-12-25)8-1-13-27/h1-8,13,17H,9-12,14-15H2. The average molecular weight is 367 g/mol. The lowest BCUT2D eigenvalue weighted by Crippen LogP contribution is -2.48. The summed E-state index contributed by atoms with van der Waals surface area (Å²) >= 11 is 0. The first-order chi connectivity index (χ1) is 13.2. The molecule has 0 spiro atoms. The number of halogens is 1. The Labute approximate surface area is 157 Å². The predicted molar refractivity (Wildman–Crippen MR) is 102 cm³/mol. The van der Waals surface area contributed by atoms with Gasteiger partial charge < -0.3 is 14.7 Å². The van der Waals surface area contributed by atoms with Crippen molar-refractivity contribution in [2.75, 3.05) is 49.1 Å².